The molecule has 0 fully saturated rings. The van der Waals surface area contributed by atoms with E-state index in [9.17, 15) is 0 Å². The van der Waals surface area contributed by atoms with Gasteiger partial charge in [-0.2, -0.15) is 0 Å². The lowest BCUT2D eigenvalue weighted by Gasteiger charge is -2.23. The van der Waals surface area contributed by atoms with Gasteiger partial charge in [0, 0.05) is 11.7 Å². The largest absolute Gasteiger partial charge is 0.497 e. The molecular weight excluding hydrogens is 258 g/mol. The number of allylic oxidation sites excluding steroid dienone is 1. The van der Waals surface area contributed by atoms with Crippen molar-refractivity contribution in [3.63, 3.8) is 0 Å². The third kappa shape index (κ3) is 3.46. The number of rotatable bonds is 4. The first-order valence-corrected chi connectivity index (χ1v) is 7.52. The average Bonchev–Trinajstić information content (AvgIpc) is 2.56. The third-order valence-corrected chi connectivity index (χ3v) is 3.95. The van der Waals surface area contributed by atoms with Crippen molar-refractivity contribution >= 4 is 11.3 Å². The van der Waals surface area contributed by atoms with Gasteiger partial charge >= 0.3 is 0 Å². The fourth-order valence-electron chi connectivity index (χ4n) is 2.83. The van der Waals surface area contributed by atoms with Crippen LogP contribution in [0.25, 0.3) is 5.57 Å². The van der Waals surface area contributed by atoms with Crippen LogP contribution in [0.4, 0.5) is 5.69 Å². The molecule has 2 heteroatoms. The number of para-hydroxylation sites is 1. The molecule has 0 radical (unpaired) electrons. The van der Waals surface area contributed by atoms with Gasteiger partial charge < -0.3 is 10.1 Å². The van der Waals surface area contributed by atoms with Crippen molar-refractivity contribution < 1.29 is 4.74 Å². The van der Waals surface area contributed by atoms with Crippen LogP contribution in [0.1, 0.15) is 24.8 Å². The van der Waals surface area contributed by atoms with Gasteiger partial charge in [0.05, 0.1) is 7.11 Å². The monoisotopic (exact) mass is 279 g/mol. The molecule has 0 amide bonds. The fourth-order valence-corrected chi connectivity index (χ4v) is 2.83. The number of benzene rings is 2. The highest BCUT2D eigenvalue weighted by Gasteiger charge is 2.14. The van der Waals surface area contributed by atoms with Crippen LogP contribution in [-0.4, -0.2) is 13.2 Å². The topological polar surface area (TPSA) is 21.3 Å². The summed E-state index contributed by atoms with van der Waals surface area (Å²) in [5, 5.41) is 3.60. The summed E-state index contributed by atoms with van der Waals surface area (Å²) < 4.78 is 5.22. The first-order chi connectivity index (χ1) is 10.3. The van der Waals surface area contributed by atoms with Crippen molar-refractivity contribution in [2.45, 2.75) is 25.3 Å². The van der Waals surface area contributed by atoms with E-state index in [0.717, 1.165) is 12.2 Å². The van der Waals surface area contributed by atoms with Crippen LogP contribution in [-0.2, 0) is 0 Å². The molecule has 0 unspecified atom stereocenters. The molecule has 0 bridgehead atoms. The van der Waals surface area contributed by atoms with Gasteiger partial charge in [-0.15, -0.1) is 0 Å². The summed E-state index contributed by atoms with van der Waals surface area (Å²) in [6.45, 7) is 0. The SMILES string of the molecule is COc1ccc(C2=C[C@H](Nc3ccccc3)CCC2)cc1. The summed E-state index contributed by atoms with van der Waals surface area (Å²) in [7, 11) is 1.70. The first-order valence-electron chi connectivity index (χ1n) is 7.52. The zero-order chi connectivity index (χ0) is 14.5. The molecule has 3 rings (SSSR count). The second kappa shape index (κ2) is 6.49. The van der Waals surface area contributed by atoms with E-state index >= 15 is 0 Å². The Morgan fingerprint density at radius 3 is 2.48 bits per heavy atom. The van der Waals surface area contributed by atoms with E-state index in [1.165, 1.54) is 29.7 Å². The number of methoxy groups -OCH3 is 1. The molecule has 2 aromatic carbocycles. The summed E-state index contributed by atoms with van der Waals surface area (Å²) in [6.07, 6.45) is 5.94. The van der Waals surface area contributed by atoms with Crippen LogP contribution in [0.3, 0.4) is 0 Å². The highest BCUT2D eigenvalue weighted by Crippen LogP contribution is 2.29. The van der Waals surface area contributed by atoms with Gasteiger partial charge in [-0.25, -0.2) is 0 Å². The molecule has 1 atom stereocenters. The summed E-state index contributed by atoms with van der Waals surface area (Å²) in [6, 6.07) is 19.2. The number of nitrogens with one attached hydrogen (secondary N) is 1. The van der Waals surface area contributed by atoms with Crippen molar-refractivity contribution in [1.82, 2.24) is 0 Å². The molecule has 2 aromatic rings. The molecule has 21 heavy (non-hydrogen) atoms. The third-order valence-electron chi connectivity index (χ3n) is 3.95. The van der Waals surface area contributed by atoms with Gasteiger partial charge in [-0.1, -0.05) is 36.4 Å². The van der Waals surface area contributed by atoms with E-state index in [2.05, 4.69) is 47.8 Å². The van der Waals surface area contributed by atoms with E-state index in [1.54, 1.807) is 7.11 Å². The van der Waals surface area contributed by atoms with Crippen molar-refractivity contribution in [3.05, 3.63) is 66.2 Å². The normalized spacial score (nSPS) is 18.0. The lowest BCUT2D eigenvalue weighted by molar-refractivity contribution is 0.415. The molecule has 0 aromatic heterocycles. The van der Waals surface area contributed by atoms with E-state index < -0.39 is 0 Å². The van der Waals surface area contributed by atoms with E-state index in [-0.39, 0.29) is 0 Å². The lowest BCUT2D eigenvalue weighted by Crippen LogP contribution is -2.20. The molecule has 1 aliphatic rings. The molecule has 1 N–H and O–H groups in total. The molecule has 0 saturated heterocycles. The molecule has 108 valence electrons. The Bertz CT molecular complexity index is 601. The number of hydrogen-bond donors (Lipinski definition) is 1. The maximum atomic E-state index is 5.22. The summed E-state index contributed by atoms with van der Waals surface area (Å²) in [4.78, 5) is 0. The number of ether oxygens (including phenoxy) is 1. The van der Waals surface area contributed by atoms with Crippen LogP contribution < -0.4 is 10.1 Å². The van der Waals surface area contributed by atoms with Crippen molar-refractivity contribution in [1.29, 1.82) is 0 Å². The van der Waals surface area contributed by atoms with Gasteiger partial charge in [0.25, 0.3) is 0 Å². The van der Waals surface area contributed by atoms with Gasteiger partial charge in [0.15, 0.2) is 0 Å². The quantitative estimate of drug-likeness (QED) is 0.872. The molecule has 0 heterocycles. The Hall–Kier alpha value is -2.22. The van der Waals surface area contributed by atoms with Crippen molar-refractivity contribution in [2.24, 2.45) is 0 Å². The summed E-state index contributed by atoms with van der Waals surface area (Å²) in [5.74, 6) is 0.911. The highest BCUT2D eigenvalue weighted by atomic mass is 16.5. The Morgan fingerprint density at radius 1 is 1.00 bits per heavy atom. The predicted molar refractivity (Wildman–Crippen MR) is 88.7 cm³/mol. The maximum absolute atomic E-state index is 5.22. The fraction of sp³-hybridized carbons (Fsp3) is 0.263. The van der Waals surface area contributed by atoms with E-state index in [0.29, 0.717) is 6.04 Å². The van der Waals surface area contributed by atoms with Gasteiger partial charge in [0.2, 0.25) is 0 Å². The van der Waals surface area contributed by atoms with Crippen LogP contribution in [0.15, 0.2) is 60.7 Å². The Balaban J connectivity index is 1.75. The number of hydrogen-bond acceptors (Lipinski definition) is 2. The molecule has 1 aliphatic carbocycles. The summed E-state index contributed by atoms with van der Waals surface area (Å²) in [5.41, 5.74) is 3.92. The zero-order valence-corrected chi connectivity index (χ0v) is 12.4. The predicted octanol–water partition coefficient (Wildman–Crippen LogP) is 4.74. The van der Waals surface area contributed by atoms with Gasteiger partial charge in [0.1, 0.15) is 5.75 Å². The van der Waals surface area contributed by atoms with Crippen LogP contribution in [0.2, 0.25) is 0 Å². The maximum Gasteiger partial charge on any atom is 0.118 e. The molecule has 0 spiro atoms. The second-order valence-corrected chi connectivity index (χ2v) is 5.43. The lowest BCUT2D eigenvalue weighted by atomic mass is 9.91. The molecule has 0 saturated carbocycles. The highest BCUT2D eigenvalue weighted by molar-refractivity contribution is 5.68. The minimum absolute atomic E-state index is 0.415. The van der Waals surface area contributed by atoms with Crippen molar-refractivity contribution in [3.8, 4) is 5.75 Å². The van der Waals surface area contributed by atoms with Crippen LogP contribution >= 0.6 is 0 Å². The molecule has 0 aliphatic heterocycles. The summed E-state index contributed by atoms with van der Waals surface area (Å²) >= 11 is 0. The van der Waals surface area contributed by atoms with Gasteiger partial charge in [-0.3, -0.25) is 0 Å². The zero-order valence-electron chi connectivity index (χ0n) is 12.4. The Kier molecular flexibility index (Phi) is 4.25. The number of anilines is 1. The Morgan fingerprint density at radius 2 is 1.76 bits per heavy atom. The first kappa shape index (κ1) is 13.7. The van der Waals surface area contributed by atoms with E-state index in [1.807, 2.05) is 18.2 Å². The second-order valence-electron chi connectivity index (χ2n) is 5.43. The minimum Gasteiger partial charge on any atom is -0.497 e. The smallest absolute Gasteiger partial charge is 0.118 e. The van der Waals surface area contributed by atoms with Crippen LogP contribution in [0.5, 0.6) is 5.75 Å². The van der Waals surface area contributed by atoms with Crippen molar-refractivity contribution in [2.75, 3.05) is 12.4 Å². The van der Waals surface area contributed by atoms with E-state index in [4.69, 9.17) is 4.74 Å². The standard InChI is InChI=1S/C19H21NO/c1-21-19-12-10-15(11-13-19)16-6-5-9-18(14-16)20-17-7-3-2-4-8-17/h2-4,7-8,10-14,18,20H,5-6,9H2,1H3/t18-/m1/s1. The molecule has 2 nitrogen and oxygen atoms in total. The van der Waals surface area contributed by atoms with Crippen LogP contribution in [0, 0.1) is 0 Å². The average molecular weight is 279 g/mol. The molecular formula is C19H21NO. The van der Waals surface area contributed by atoms with Gasteiger partial charge in [-0.05, 0) is 54.7 Å². The Labute approximate surface area is 126 Å². The minimum atomic E-state index is 0.415.